The molecule has 0 radical (unpaired) electrons. The molecule has 1 aliphatic carbocycles. The third kappa shape index (κ3) is 19.5. The zero-order chi connectivity index (χ0) is 28.1. The monoisotopic (exact) mass is 578 g/mol. The predicted octanol–water partition coefficient (Wildman–Crippen LogP) is 9.77. The van der Waals surface area contributed by atoms with Crippen molar-refractivity contribution in [3.05, 3.63) is 0 Å². The Balaban J connectivity index is 2.08. The van der Waals surface area contributed by atoms with E-state index in [9.17, 15) is 9.46 Å². The van der Waals surface area contributed by atoms with Gasteiger partial charge in [0.2, 0.25) is 0 Å². The smallest absolute Gasteiger partial charge is 0.329 e. The van der Waals surface area contributed by atoms with Crippen LogP contribution in [0.1, 0.15) is 142 Å². The molecular weight excluding hydrogens is 513 g/mol. The summed E-state index contributed by atoms with van der Waals surface area (Å²) < 4.78 is 24.3. The van der Waals surface area contributed by atoms with Crippen molar-refractivity contribution in [2.75, 3.05) is 40.0 Å². The number of likely N-dealkylation sites (N-methyl/N-ethyl adjacent to an activating group) is 1. The van der Waals surface area contributed by atoms with E-state index in [0.29, 0.717) is 22.2 Å². The lowest BCUT2D eigenvalue weighted by molar-refractivity contribution is -0.870. The minimum absolute atomic E-state index is 0.169. The van der Waals surface area contributed by atoms with Crippen molar-refractivity contribution in [2.45, 2.75) is 154 Å². The van der Waals surface area contributed by atoms with Crippen LogP contribution in [0.3, 0.4) is 0 Å². The molecule has 1 saturated carbocycles. The van der Waals surface area contributed by atoms with Crippen molar-refractivity contribution >= 4 is 19.6 Å². The molecule has 1 rings (SSSR count). The molecule has 1 fully saturated rings. The molecule has 228 valence electrons. The molecule has 4 unspecified atom stereocenters. The fourth-order valence-corrected chi connectivity index (χ4v) is 8.17. The number of quaternary nitrogens is 1. The fraction of sp³-hybridized carbons (Fsp3) is 1.00. The normalized spacial score (nSPS) is 22.0. The standard InChI is InChI=1S/C31H64NO4PS/c1-6-8-9-10-11-12-13-14-15-16-17-18-19-20-21-22-28-38-31-25-23-24-30(29(31)7-2)36-37(33,34)35-27-26-32(3,4)5/h29-31H,6-28H2,1-5H3/p+1. The predicted molar refractivity (Wildman–Crippen MR) is 167 cm³/mol. The highest BCUT2D eigenvalue weighted by atomic mass is 32.2. The zero-order valence-corrected chi connectivity index (χ0v) is 27.7. The van der Waals surface area contributed by atoms with Gasteiger partial charge in [-0.2, -0.15) is 11.8 Å². The van der Waals surface area contributed by atoms with E-state index in [1.165, 1.54) is 115 Å². The van der Waals surface area contributed by atoms with Gasteiger partial charge in [0.05, 0.1) is 27.2 Å². The first-order chi connectivity index (χ1) is 18.2. The van der Waals surface area contributed by atoms with Gasteiger partial charge in [-0.25, -0.2) is 4.57 Å². The minimum Gasteiger partial charge on any atom is -0.329 e. The van der Waals surface area contributed by atoms with E-state index in [0.717, 1.165) is 19.3 Å². The summed E-state index contributed by atoms with van der Waals surface area (Å²) in [5.41, 5.74) is 0. The molecule has 0 aromatic rings. The Bertz CT molecular complexity index is 601. The molecule has 38 heavy (non-hydrogen) atoms. The highest BCUT2D eigenvalue weighted by Crippen LogP contribution is 2.49. The second kappa shape index (κ2) is 22.1. The molecule has 4 atom stereocenters. The van der Waals surface area contributed by atoms with Crippen LogP contribution in [0.15, 0.2) is 0 Å². The third-order valence-electron chi connectivity index (χ3n) is 8.02. The van der Waals surface area contributed by atoms with Crippen LogP contribution in [0, 0.1) is 5.92 Å². The number of nitrogens with zero attached hydrogens (tertiary/aromatic N) is 1. The molecule has 5 nitrogen and oxygen atoms in total. The lowest BCUT2D eigenvalue weighted by Gasteiger charge is -2.37. The molecule has 0 saturated heterocycles. The van der Waals surface area contributed by atoms with Crippen LogP contribution in [-0.4, -0.2) is 60.8 Å². The third-order valence-corrected chi connectivity index (χ3v) is 10.6. The van der Waals surface area contributed by atoms with Gasteiger partial charge >= 0.3 is 7.82 Å². The molecule has 0 aromatic carbocycles. The van der Waals surface area contributed by atoms with Crippen molar-refractivity contribution in [1.29, 1.82) is 0 Å². The van der Waals surface area contributed by atoms with Crippen LogP contribution < -0.4 is 0 Å². The maximum Gasteiger partial charge on any atom is 0.472 e. The molecule has 0 amide bonds. The number of unbranched alkanes of at least 4 members (excludes halogenated alkanes) is 15. The minimum atomic E-state index is -4.01. The van der Waals surface area contributed by atoms with E-state index >= 15 is 0 Å². The second-order valence-electron chi connectivity index (χ2n) is 12.7. The van der Waals surface area contributed by atoms with E-state index < -0.39 is 7.82 Å². The molecule has 0 spiro atoms. The number of thioether (sulfide) groups is 1. The fourth-order valence-electron chi connectivity index (χ4n) is 5.57. The molecule has 0 aliphatic heterocycles. The second-order valence-corrected chi connectivity index (χ2v) is 15.4. The van der Waals surface area contributed by atoms with Crippen LogP contribution in [-0.2, 0) is 13.6 Å². The number of phosphoric ester groups is 1. The molecule has 0 heterocycles. The molecule has 1 aliphatic rings. The summed E-state index contributed by atoms with van der Waals surface area (Å²) in [6, 6.07) is 0. The van der Waals surface area contributed by atoms with E-state index in [4.69, 9.17) is 9.05 Å². The van der Waals surface area contributed by atoms with Crippen LogP contribution >= 0.6 is 19.6 Å². The van der Waals surface area contributed by atoms with E-state index in [1.807, 2.05) is 21.1 Å². The van der Waals surface area contributed by atoms with Gasteiger partial charge < -0.3 is 9.38 Å². The van der Waals surface area contributed by atoms with Crippen LogP contribution in [0.4, 0.5) is 0 Å². The lowest BCUT2D eigenvalue weighted by Crippen LogP contribution is -2.38. The Morgan fingerprint density at radius 1 is 0.789 bits per heavy atom. The van der Waals surface area contributed by atoms with E-state index in [2.05, 4.69) is 25.6 Å². The summed E-state index contributed by atoms with van der Waals surface area (Å²) in [7, 11) is 2.12. The first-order valence-electron chi connectivity index (χ1n) is 16.3. The highest BCUT2D eigenvalue weighted by molar-refractivity contribution is 7.99. The summed E-state index contributed by atoms with van der Waals surface area (Å²) >= 11 is 2.07. The Morgan fingerprint density at radius 3 is 1.76 bits per heavy atom. The van der Waals surface area contributed by atoms with E-state index in [1.54, 1.807) is 0 Å². The maximum absolute atomic E-state index is 12.6. The quantitative estimate of drug-likeness (QED) is 0.0664. The van der Waals surface area contributed by atoms with Gasteiger partial charge in [0.25, 0.3) is 0 Å². The summed E-state index contributed by atoms with van der Waals surface area (Å²) in [4.78, 5) is 10.3. The highest BCUT2D eigenvalue weighted by Gasteiger charge is 2.38. The lowest BCUT2D eigenvalue weighted by atomic mass is 9.84. The van der Waals surface area contributed by atoms with Gasteiger partial charge in [-0.15, -0.1) is 0 Å². The first-order valence-corrected chi connectivity index (χ1v) is 18.8. The Morgan fingerprint density at radius 2 is 1.29 bits per heavy atom. The number of hydrogen-bond acceptors (Lipinski definition) is 4. The molecule has 0 bridgehead atoms. The summed E-state index contributed by atoms with van der Waals surface area (Å²) in [5.74, 6) is 1.53. The van der Waals surface area contributed by atoms with Crippen molar-refractivity contribution < 1.29 is 23.0 Å². The molecule has 0 aromatic heterocycles. The van der Waals surface area contributed by atoms with Crippen molar-refractivity contribution in [2.24, 2.45) is 5.92 Å². The number of rotatable bonds is 25. The van der Waals surface area contributed by atoms with Crippen molar-refractivity contribution in [1.82, 2.24) is 0 Å². The SMILES string of the molecule is CCCCCCCCCCCCCCCCCCSC1CCCC(OP(=O)(O)OCC[N+](C)(C)C)C1CC. The number of phosphoric acid groups is 1. The summed E-state index contributed by atoms with van der Waals surface area (Å²) in [5, 5.41) is 0.529. The topological polar surface area (TPSA) is 55.8 Å². The largest absolute Gasteiger partial charge is 0.472 e. The molecular formula is C31H65NO4PS+. The van der Waals surface area contributed by atoms with Crippen molar-refractivity contribution in [3.63, 3.8) is 0 Å². The Kier molecular flexibility index (Phi) is 21.2. The first kappa shape index (κ1) is 36.4. The van der Waals surface area contributed by atoms with E-state index in [-0.39, 0.29) is 12.7 Å². The Labute approximate surface area is 241 Å². The maximum atomic E-state index is 12.6. The molecule has 7 heteroatoms. The van der Waals surface area contributed by atoms with Gasteiger partial charge in [-0.05, 0) is 43.8 Å². The van der Waals surface area contributed by atoms with Gasteiger partial charge in [0.1, 0.15) is 13.2 Å². The molecule has 1 N–H and O–H groups in total. The van der Waals surface area contributed by atoms with Crippen LogP contribution in [0.2, 0.25) is 0 Å². The average molecular weight is 579 g/mol. The Hall–Kier alpha value is 0.420. The zero-order valence-electron chi connectivity index (χ0n) is 26.0. The van der Waals surface area contributed by atoms with Gasteiger partial charge in [0.15, 0.2) is 0 Å². The van der Waals surface area contributed by atoms with Crippen molar-refractivity contribution in [3.8, 4) is 0 Å². The van der Waals surface area contributed by atoms with Gasteiger partial charge in [-0.1, -0.05) is 110 Å². The number of hydrogen-bond donors (Lipinski definition) is 1. The van der Waals surface area contributed by atoms with Crippen LogP contribution in [0.25, 0.3) is 0 Å². The average Bonchev–Trinajstić information content (AvgIpc) is 2.85. The summed E-state index contributed by atoms with van der Waals surface area (Å²) in [6.45, 7) is 5.39. The van der Waals surface area contributed by atoms with Gasteiger partial charge in [-0.3, -0.25) is 9.05 Å². The van der Waals surface area contributed by atoms with Gasteiger partial charge in [0, 0.05) is 5.25 Å². The van der Waals surface area contributed by atoms with Crippen LogP contribution in [0.5, 0.6) is 0 Å². The summed E-state index contributed by atoms with van der Waals surface area (Å²) in [6.07, 6.45) is 26.4.